The number of nitrogens with zero attached hydrogens (tertiary/aromatic N) is 3. The van der Waals surface area contributed by atoms with E-state index < -0.39 is 24.0 Å². The number of aromatic nitrogens is 2. The summed E-state index contributed by atoms with van der Waals surface area (Å²) in [5.41, 5.74) is -1.83. The number of benzene rings is 1. The van der Waals surface area contributed by atoms with Gasteiger partial charge in [0.1, 0.15) is 5.82 Å². The molecule has 1 saturated carbocycles. The predicted molar refractivity (Wildman–Crippen MR) is 114 cm³/mol. The lowest BCUT2D eigenvalue weighted by molar-refractivity contribution is -0.272. The van der Waals surface area contributed by atoms with Crippen molar-refractivity contribution in [2.45, 2.75) is 49.8 Å². The first-order chi connectivity index (χ1) is 14.7. The second kappa shape index (κ2) is 9.30. The van der Waals surface area contributed by atoms with E-state index >= 15 is 0 Å². The van der Waals surface area contributed by atoms with Crippen LogP contribution in [-0.4, -0.2) is 46.4 Å². The van der Waals surface area contributed by atoms with Crippen molar-refractivity contribution in [2.24, 2.45) is 12.0 Å². The van der Waals surface area contributed by atoms with Crippen LogP contribution in [0.3, 0.4) is 0 Å². The van der Waals surface area contributed by atoms with Crippen molar-refractivity contribution in [3.63, 3.8) is 0 Å². The fourth-order valence-corrected chi connectivity index (χ4v) is 4.01. The van der Waals surface area contributed by atoms with E-state index in [1.165, 1.54) is 29.6 Å². The first-order valence-corrected chi connectivity index (χ1v) is 10.6. The third-order valence-electron chi connectivity index (χ3n) is 6.02. The third kappa shape index (κ3) is 4.87. The van der Waals surface area contributed by atoms with Gasteiger partial charge in [0.05, 0.1) is 6.54 Å². The largest absolute Gasteiger partial charge is 0.424 e. The van der Waals surface area contributed by atoms with E-state index in [0.29, 0.717) is 19.0 Å². The molecule has 170 valence electrons. The number of guanidine groups is 1. The molecule has 0 saturated heterocycles. The van der Waals surface area contributed by atoms with Crippen molar-refractivity contribution in [3.8, 4) is 0 Å². The number of aliphatic imine (C=N–C) groups is 1. The van der Waals surface area contributed by atoms with Gasteiger partial charge in [0, 0.05) is 44.4 Å². The summed E-state index contributed by atoms with van der Waals surface area (Å²) < 4.78 is 42.3. The van der Waals surface area contributed by atoms with Crippen LogP contribution in [0.2, 0.25) is 0 Å². The minimum atomic E-state index is -4.85. The molecule has 31 heavy (non-hydrogen) atoms. The molecule has 1 fully saturated rings. The molecule has 6 nitrogen and oxygen atoms in total. The average Bonchev–Trinajstić information content (AvgIpc) is 3.13. The number of aliphatic hydroxyl groups is 1. The minimum Gasteiger partial charge on any atom is -0.374 e. The van der Waals surface area contributed by atoms with Gasteiger partial charge in [0.2, 0.25) is 5.60 Å². The van der Waals surface area contributed by atoms with Gasteiger partial charge in [-0.2, -0.15) is 13.2 Å². The Labute approximate surface area is 180 Å². The van der Waals surface area contributed by atoms with Crippen molar-refractivity contribution in [1.29, 1.82) is 0 Å². The van der Waals surface area contributed by atoms with Crippen LogP contribution in [-0.2, 0) is 18.1 Å². The molecular formula is C22H30F3N5O. The van der Waals surface area contributed by atoms with Crippen molar-refractivity contribution < 1.29 is 18.3 Å². The number of halogens is 3. The molecule has 1 heterocycles. The molecule has 3 rings (SSSR count). The topological polar surface area (TPSA) is 74.5 Å². The molecule has 0 aliphatic heterocycles. The monoisotopic (exact) mass is 437 g/mol. The Morgan fingerprint density at radius 1 is 1.23 bits per heavy atom. The second-order valence-corrected chi connectivity index (χ2v) is 8.09. The maximum absolute atomic E-state index is 13.7. The van der Waals surface area contributed by atoms with E-state index in [9.17, 15) is 18.3 Å². The first-order valence-electron chi connectivity index (χ1n) is 10.6. The highest BCUT2D eigenvalue weighted by atomic mass is 19.4. The highest BCUT2D eigenvalue weighted by Gasteiger charge is 2.57. The normalized spacial score (nSPS) is 18.2. The fourth-order valence-electron chi connectivity index (χ4n) is 4.01. The lowest BCUT2D eigenvalue weighted by Crippen LogP contribution is -2.48. The molecule has 1 aliphatic carbocycles. The molecule has 1 aliphatic rings. The molecule has 3 N–H and O–H groups in total. The van der Waals surface area contributed by atoms with Gasteiger partial charge in [-0.1, -0.05) is 36.8 Å². The summed E-state index contributed by atoms with van der Waals surface area (Å²) in [7, 11) is 1.43. The maximum Gasteiger partial charge on any atom is 0.424 e. The lowest BCUT2D eigenvalue weighted by atomic mass is 9.64. The third-order valence-corrected chi connectivity index (χ3v) is 6.02. The molecule has 1 unspecified atom stereocenters. The van der Waals surface area contributed by atoms with Crippen LogP contribution < -0.4 is 10.6 Å². The smallest absolute Gasteiger partial charge is 0.374 e. The van der Waals surface area contributed by atoms with Crippen molar-refractivity contribution in [1.82, 2.24) is 20.2 Å². The predicted octanol–water partition coefficient (Wildman–Crippen LogP) is 3.24. The van der Waals surface area contributed by atoms with Gasteiger partial charge in [0.25, 0.3) is 0 Å². The Morgan fingerprint density at radius 2 is 1.94 bits per heavy atom. The Balaban J connectivity index is 1.69. The Kier molecular flexibility index (Phi) is 6.93. The summed E-state index contributed by atoms with van der Waals surface area (Å²) in [4.78, 5) is 8.39. The Morgan fingerprint density at radius 3 is 2.45 bits per heavy atom. The van der Waals surface area contributed by atoms with E-state index in [0.717, 1.165) is 19.3 Å². The zero-order valence-electron chi connectivity index (χ0n) is 17.9. The SMILES string of the molecule is CCNC(=NCC1(c2ccccc2)CCC1)NCCC(O)(c1nccn1C)C(F)(F)F. The summed E-state index contributed by atoms with van der Waals surface area (Å²) in [5.74, 6) is 0.00955. The summed E-state index contributed by atoms with van der Waals surface area (Å²) >= 11 is 0. The van der Waals surface area contributed by atoms with Gasteiger partial charge in [-0.05, 0) is 25.3 Å². The Bertz CT molecular complexity index is 877. The van der Waals surface area contributed by atoms with Gasteiger partial charge in [0.15, 0.2) is 5.96 Å². The first kappa shape index (κ1) is 23.1. The molecule has 0 radical (unpaired) electrons. The van der Waals surface area contributed by atoms with Crippen molar-refractivity contribution in [3.05, 3.63) is 54.1 Å². The number of rotatable bonds is 8. The number of hydrogen-bond acceptors (Lipinski definition) is 3. The van der Waals surface area contributed by atoms with Crippen LogP contribution in [0.25, 0.3) is 0 Å². The van der Waals surface area contributed by atoms with E-state index in [2.05, 4.69) is 32.7 Å². The summed E-state index contributed by atoms with van der Waals surface area (Å²) in [5, 5.41) is 16.5. The summed E-state index contributed by atoms with van der Waals surface area (Å²) in [6, 6.07) is 10.2. The molecule has 9 heteroatoms. The van der Waals surface area contributed by atoms with Gasteiger partial charge in [-0.3, -0.25) is 4.99 Å². The van der Waals surface area contributed by atoms with Crippen LogP contribution in [0.1, 0.15) is 44.0 Å². The maximum atomic E-state index is 13.7. The van der Waals surface area contributed by atoms with Crippen molar-refractivity contribution in [2.75, 3.05) is 19.6 Å². The number of aryl methyl sites for hydroxylation is 1. The van der Waals surface area contributed by atoms with Gasteiger partial charge in [-0.15, -0.1) is 0 Å². The van der Waals surface area contributed by atoms with E-state index in [1.807, 2.05) is 25.1 Å². The quantitative estimate of drug-likeness (QED) is 0.438. The van der Waals surface area contributed by atoms with Crippen LogP contribution in [0.4, 0.5) is 13.2 Å². The number of nitrogens with one attached hydrogen (secondary N) is 2. The lowest BCUT2D eigenvalue weighted by Gasteiger charge is -2.41. The molecule has 1 aromatic heterocycles. The van der Waals surface area contributed by atoms with Crippen molar-refractivity contribution >= 4 is 5.96 Å². The molecule has 0 amide bonds. The van der Waals surface area contributed by atoms with E-state index in [-0.39, 0.29) is 12.0 Å². The second-order valence-electron chi connectivity index (χ2n) is 8.09. The molecule has 0 spiro atoms. The average molecular weight is 438 g/mol. The molecule has 2 aromatic rings. The summed E-state index contributed by atoms with van der Waals surface area (Å²) in [6.07, 6.45) is 0.387. The summed E-state index contributed by atoms with van der Waals surface area (Å²) in [6.45, 7) is 2.91. The fraction of sp³-hybridized carbons (Fsp3) is 0.545. The highest BCUT2D eigenvalue weighted by Crippen LogP contribution is 2.44. The standard InChI is InChI=1S/C22H30F3N5O/c1-3-26-19(29-16-20(10-7-11-20)17-8-5-4-6-9-17)28-13-12-21(31,22(23,24)25)18-27-14-15-30(18)2/h4-6,8-9,14-15,31H,3,7,10-13,16H2,1-2H3,(H2,26,28,29). The number of hydrogen-bond donors (Lipinski definition) is 3. The van der Waals surface area contributed by atoms with Gasteiger partial charge in [-0.25, -0.2) is 4.98 Å². The van der Waals surface area contributed by atoms with Crippen LogP contribution in [0.15, 0.2) is 47.7 Å². The number of alkyl halides is 3. The zero-order chi connectivity index (χ0) is 22.5. The van der Waals surface area contributed by atoms with Crippen LogP contribution in [0.5, 0.6) is 0 Å². The molecular weight excluding hydrogens is 407 g/mol. The molecule has 0 bridgehead atoms. The highest BCUT2D eigenvalue weighted by molar-refractivity contribution is 5.79. The number of imidazole rings is 1. The molecule has 1 aromatic carbocycles. The minimum absolute atomic E-state index is 0.0245. The van der Waals surface area contributed by atoms with Gasteiger partial charge >= 0.3 is 6.18 Å². The van der Waals surface area contributed by atoms with Crippen LogP contribution in [0, 0.1) is 0 Å². The Hall–Kier alpha value is -2.55. The molecule has 1 atom stereocenters. The van der Waals surface area contributed by atoms with Gasteiger partial charge < -0.3 is 20.3 Å². The van der Waals surface area contributed by atoms with Crippen LogP contribution >= 0.6 is 0 Å². The van der Waals surface area contributed by atoms with E-state index in [1.54, 1.807) is 0 Å². The zero-order valence-corrected chi connectivity index (χ0v) is 17.9. The van der Waals surface area contributed by atoms with E-state index in [4.69, 9.17) is 0 Å².